The highest BCUT2D eigenvalue weighted by atomic mass is 32.2. The van der Waals surface area contributed by atoms with Gasteiger partial charge in [0.25, 0.3) is 15.9 Å². The summed E-state index contributed by atoms with van der Waals surface area (Å²) >= 11 is 0. The fraction of sp³-hybridized carbons (Fsp3) is 0.174. The molecule has 2 aromatic carbocycles. The SMILES string of the molecule is CC1(C(=O)Nc2ccc(NS(=O)(=O)c3ccc(-c4noc(-c5cnccn5)n4)cc3)cc2)CC1. The molecule has 0 saturated heterocycles. The molecule has 4 aromatic rings. The molecule has 34 heavy (non-hydrogen) atoms. The number of nitrogens with one attached hydrogen (secondary N) is 2. The molecule has 0 bridgehead atoms. The van der Waals surface area contributed by atoms with Crippen LogP contribution in [0.25, 0.3) is 23.0 Å². The highest BCUT2D eigenvalue weighted by molar-refractivity contribution is 7.92. The van der Waals surface area contributed by atoms with Crippen LogP contribution in [0.4, 0.5) is 11.4 Å². The normalized spacial score (nSPS) is 14.4. The maximum atomic E-state index is 12.8. The quantitative estimate of drug-likeness (QED) is 0.411. The van der Waals surface area contributed by atoms with Crippen LogP contribution in [0.3, 0.4) is 0 Å². The minimum Gasteiger partial charge on any atom is -0.332 e. The number of hydrogen-bond acceptors (Lipinski definition) is 8. The Labute approximate surface area is 195 Å². The van der Waals surface area contributed by atoms with Crippen molar-refractivity contribution in [2.75, 3.05) is 10.0 Å². The molecule has 0 spiro atoms. The molecule has 2 aromatic heterocycles. The Balaban J connectivity index is 1.26. The summed E-state index contributed by atoms with van der Waals surface area (Å²) in [6.45, 7) is 1.92. The van der Waals surface area contributed by atoms with Crippen molar-refractivity contribution in [3.8, 4) is 23.0 Å². The van der Waals surface area contributed by atoms with Gasteiger partial charge in [0, 0.05) is 34.7 Å². The second kappa shape index (κ2) is 8.34. The first-order valence-corrected chi connectivity index (χ1v) is 12.0. The van der Waals surface area contributed by atoms with E-state index in [2.05, 4.69) is 30.1 Å². The van der Waals surface area contributed by atoms with Crippen LogP contribution in [0.5, 0.6) is 0 Å². The van der Waals surface area contributed by atoms with E-state index in [-0.39, 0.29) is 22.1 Å². The lowest BCUT2D eigenvalue weighted by molar-refractivity contribution is -0.120. The van der Waals surface area contributed by atoms with E-state index in [1.54, 1.807) is 36.4 Å². The van der Waals surface area contributed by atoms with E-state index in [4.69, 9.17) is 4.52 Å². The molecular weight excluding hydrogens is 456 g/mol. The second-order valence-corrected chi connectivity index (χ2v) is 9.92. The summed E-state index contributed by atoms with van der Waals surface area (Å²) in [5.74, 6) is 0.494. The third-order valence-electron chi connectivity index (χ3n) is 5.57. The monoisotopic (exact) mass is 476 g/mol. The maximum Gasteiger partial charge on any atom is 0.278 e. The molecule has 2 N–H and O–H groups in total. The van der Waals surface area contributed by atoms with Crippen LogP contribution >= 0.6 is 0 Å². The number of aromatic nitrogens is 4. The molecule has 1 amide bonds. The molecule has 1 aliphatic carbocycles. The topological polar surface area (TPSA) is 140 Å². The van der Waals surface area contributed by atoms with Crippen LogP contribution in [0.1, 0.15) is 19.8 Å². The number of sulfonamides is 1. The standard InChI is InChI=1S/C23H20N6O4S/c1-23(10-11-23)22(30)26-16-4-6-17(7-5-16)29-34(31,32)18-8-2-15(3-9-18)20-27-21(33-28-20)19-14-24-12-13-25-19/h2-9,12-14,29H,10-11H2,1H3,(H,26,30). The Hall–Kier alpha value is -4.12. The summed E-state index contributed by atoms with van der Waals surface area (Å²) in [6.07, 6.45) is 6.32. The highest BCUT2D eigenvalue weighted by Gasteiger charge is 2.44. The minimum atomic E-state index is -3.82. The Kier molecular flexibility index (Phi) is 5.33. The first-order valence-electron chi connectivity index (χ1n) is 10.5. The molecule has 11 heteroatoms. The van der Waals surface area contributed by atoms with Crippen molar-refractivity contribution in [1.82, 2.24) is 20.1 Å². The van der Waals surface area contributed by atoms with Gasteiger partial charge in [-0.25, -0.2) is 13.4 Å². The van der Waals surface area contributed by atoms with E-state index in [9.17, 15) is 13.2 Å². The van der Waals surface area contributed by atoms with E-state index in [1.165, 1.54) is 30.7 Å². The molecule has 1 fully saturated rings. The number of carbonyl (C=O) groups is 1. The van der Waals surface area contributed by atoms with Crippen molar-refractivity contribution in [2.45, 2.75) is 24.7 Å². The average molecular weight is 477 g/mol. The fourth-order valence-corrected chi connectivity index (χ4v) is 4.23. The summed E-state index contributed by atoms with van der Waals surface area (Å²) in [4.78, 5) is 24.6. The van der Waals surface area contributed by atoms with Crippen LogP contribution in [-0.4, -0.2) is 34.4 Å². The third-order valence-corrected chi connectivity index (χ3v) is 6.97. The molecule has 0 aliphatic heterocycles. The first kappa shape index (κ1) is 21.7. The van der Waals surface area contributed by atoms with Gasteiger partial charge in [-0.3, -0.25) is 14.5 Å². The van der Waals surface area contributed by atoms with Crippen LogP contribution in [0.15, 0.2) is 76.5 Å². The summed E-state index contributed by atoms with van der Waals surface area (Å²) in [5.41, 5.74) is 1.74. The molecule has 0 unspecified atom stereocenters. The molecular formula is C23H20N6O4S. The molecule has 0 atom stereocenters. The van der Waals surface area contributed by atoms with Crippen molar-refractivity contribution >= 4 is 27.3 Å². The molecule has 1 saturated carbocycles. The van der Waals surface area contributed by atoms with E-state index < -0.39 is 10.0 Å². The first-order chi connectivity index (χ1) is 16.3. The van der Waals surface area contributed by atoms with Gasteiger partial charge >= 0.3 is 0 Å². The predicted molar refractivity (Wildman–Crippen MR) is 124 cm³/mol. The number of hydrogen-bond donors (Lipinski definition) is 2. The number of anilines is 2. The van der Waals surface area contributed by atoms with E-state index in [0.717, 1.165) is 12.8 Å². The van der Waals surface area contributed by atoms with Gasteiger partial charge < -0.3 is 9.84 Å². The van der Waals surface area contributed by atoms with Crippen LogP contribution < -0.4 is 10.0 Å². The average Bonchev–Trinajstić information content (AvgIpc) is 3.41. The Morgan fingerprint density at radius 3 is 2.35 bits per heavy atom. The largest absolute Gasteiger partial charge is 0.332 e. The number of amides is 1. The second-order valence-electron chi connectivity index (χ2n) is 8.24. The van der Waals surface area contributed by atoms with Crippen molar-refractivity contribution in [2.24, 2.45) is 5.41 Å². The zero-order chi connectivity index (χ0) is 23.8. The van der Waals surface area contributed by atoms with Gasteiger partial charge in [-0.15, -0.1) is 0 Å². The van der Waals surface area contributed by atoms with Crippen LogP contribution in [-0.2, 0) is 14.8 Å². The summed E-state index contributed by atoms with van der Waals surface area (Å²) in [6, 6.07) is 12.6. The van der Waals surface area contributed by atoms with Gasteiger partial charge in [-0.2, -0.15) is 4.98 Å². The van der Waals surface area contributed by atoms with Crippen molar-refractivity contribution < 1.29 is 17.7 Å². The Bertz CT molecular complexity index is 1430. The highest BCUT2D eigenvalue weighted by Crippen LogP contribution is 2.45. The lowest BCUT2D eigenvalue weighted by Gasteiger charge is -2.12. The minimum absolute atomic E-state index is 0.0219. The van der Waals surface area contributed by atoms with Crippen molar-refractivity contribution in [3.05, 3.63) is 67.1 Å². The Morgan fingerprint density at radius 2 is 1.71 bits per heavy atom. The predicted octanol–water partition coefficient (Wildman–Crippen LogP) is 3.73. The lowest BCUT2D eigenvalue weighted by atomic mass is 10.1. The van der Waals surface area contributed by atoms with Crippen LogP contribution in [0, 0.1) is 5.41 Å². The number of benzene rings is 2. The molecule has 0 radical (unpaired) electrons. The molecule has 2 heterocycles. The zero-order valence-corrected chi connectivity index (χ0v) is 18.9. The van der Waals surface area contributed by atoms with Gasteiger partial charge in [0.1, 0.15) is 5.69 Å². The molecule has 1 aliphatic rings. The summed E-state index contributed by atoms with van der Waals surface area (Å²) in [5, 5.41) is 6.78. The summed E-state index contributed by atoms with van der Waals surface area (Å²) in [7, 11) is -3.82. The number of nitrogens with zero attached hydrogens (tertiary/aromatic N) is 4. The van der Waals surface area contributed by atoms with Gasteiger partial charge in [-0.05, 0) is 61.4 Å². The van der Waals surface area contributed by atoms with Crippen LogP contribution in [0.2, 0.25) is 0 Å². The van der Waals surface area contributed by atoms with Gasteiger partial charge in [0.2, 0.25) is 11.7 Å². The number of rotatable bonds is 7. The van der Waals surface area contributed by atoms with E-state index >= 15 is 0 Å². The van der Waals surface area contributed by atoms with Gasteiger partial charge in [0.15, 0.2) is 0 Å². The molecule has 10 nitrogen and oxygen atoms in total. The van der Waals surface area contributed by atoms with Crippen molar-refractivity contribution in [3.63, 3.8) is 0 Å². The summed E-state index contributed by atoms with van der Waals surface area (Å²) < 4.78 is 33.3. The lowest BCUT2D eigenvalue weighted by Crippen LogP contribution is -2.21. The fourth-order valence-electron chi connectivity index (χ4n) is 3.17. The molecule has 172 valence electrons. The maximum absolute atomic E-state index is 12.8. The Morgan fingerprint density at radius 1 is 1.00 bits per heavy atom. The smallest absolute Gasteiger partial charge is 0.278 e. The van der Waals surface area contributed by atoms with Gasteiger partial charge in [-0.1, -0.05) is 12.1 Å². The van der Waals surface area contributed by atoms with Crippen molar-refractivity contribution in [1.29, 1.82) is 0 Å². The number of carbonyl (C=O) groups excluding carboxylic acids is 1. The van der Waals surface area contributed by atoms with E-state index in [1.807, 2.05) is 6.92 Å². The van der Waals surface area contributed by atoms with Gasteiger partial charge in [0.05, 0.1) is 11.1 Å². The zero-order valence-electron chi connectivity index (χ0n) is 18.1. The molecule has 5 rings (SSSR count). The van der Waals surface area contributed by atoms with E-state index in [0.29, 0.717) is 28.5 Å². The third kappa shape index (κ3) is 4.50.